The summed E-state index contributed by atoms with van der Waals surface area (Å²) >= 11 is 0. The molecule has 0 saturated carbocycles. The Kier molecular flexibility index (Phi) is 5.93. The first kappa shape index (κ1) is 22.6. The highest BCUT2D eigenvalue weighted by Gasteiger charge is 2.57. The summed E-state index contributed by atoms with van der Waals surface area (Å²) in [5, 5.41) is 6.38. The molecule has 1 N–H and O–H groups in total. The third kappa shape index (κ3) is 3.80. The molecule has 0 bridgehead atoms. The molecular formula is C28H25N3O4. The number of allylic oxidation sites excluding steroid dienone is 1. The molecule has 5 rings (SSSR count). The predicted molar refractivity (Wildman–Crippen MR) is 129 cm³/mol. The van der Waals surface area contributed by atoms with Crippen LogP contribution in [0.3, 0.4) is 0 Å². The summed E-state index contributed by atoms with van der Waals surface area (Å²) in [4.78, 5) is 39.9. The van der Waals surface area contributed by atoms with Crippen LogP contribution < -0.4 is 5.32 Å². The maximum absolute atomic E-state index is 13.9. The Morgan fingerprint density at radius 3 is 1.94 bits per heavy atom. The van der Waals surface area contributed by atoms with Gasteiger partial charge in [-0.1, -0.05) is 78.9 Å². The van der Waals surface area contributed by atoms with Gasteiger partial charge in [0.25, 0.3) is 11.8 Å². The number of carbonyl (C=O) groups is 3. The first-order chi connectivity index (χ1) is 17.0. The molecule has 176 valence electrons. The molecule has 3 atom stereocenters. The van der Waals surface area contributed by atoms with Gasteiger partial charge in [0.2, 0.25) is 0 Å². The van der Waals surface area contributed by atoms with Crippen LogP contribution in [0.4, 0.5) is 0 Å². The summed E-state index contributed by atoms with van der Waals surface area (Å²) < 4.78 is 5.12. The Hall–Kier alpha value is -4.23. The lowest BCUT2D eigenvalue weighted by molar-refractivity contribution is -0.138. The van der Waals surface area contributed by atoms with Gasteiger partial charge in [-0.3, -0.25) is 9.59 Å². The molecule has 3 aromatic carbocycles. The van der Waals surface area contributed by atoms with Gasteiger partial charge in [-0.05, 0) is 30.2 Å². The Balaban J connectivity index is 1.64. The van der Waals surface area contributed by atoms with Crippen LogP contribution in [0, 0.1) is 0 Å². The lowest BCUT2D eigenvalue weighted by Gasteiger charge is -2.33. The van der Waals surface area contributed by atoms with Gasteiger partial charge in [-0.2, -0.15) is 5.01 Å². The third-order valence-electron chi connectivity index (χ3n) is 6.54. The van der Waals surface area contributed by atoms with Crippen LogP contribution in [0.15, 0.2) is 102 Å². The number of carbonyl (C=O) groups excluding carboxylic acids is 3. The van der Waals surface area contributed by atoms with E-state index in [0.29, 0.717) is 16.8 Å². The highest BCUT2D eigenvalue weighted by atomic mass is 16.5. The Morgan fingerprint density at radius 2 is 1.37 bits per heavy atom. The molecule has 0 radical (unpaired) electrons. The number of nitrogens with one attached hydrogen (secondary N) is 1. The largest absolute Gasteiger partial charge is 0.466 e. The minimum absolute atomic E-state index is 0.305. The van der Waals surface area contributed by atoms with E-state index in [1.807, 2.05) is 71.7 Å². The van der Waals surface area contributed by atoms with Gasteiger partial charge in [0.05, 0.1) is 24.8 Å². The van der Waals surface area contributed by atoms with Crippen molar-refractivity contribution in [2.45, 2.75) is 25.0 Å². The minimum Gasteiger partial charge on any atom is -0.466 e. The van der Waals surface area contributed by atoms with Gasteiger partial charge >= 0.3 is 5.97 Å². The number of nitrogens with zero attached hydrogens (tertiary/aromatic N) is 2. The van der Waals surface area contributed by atoms with E-state index in [1.54, 1.807) is 31.2 Å². The molecule has 2 aliphatic rings. The fraction of sp³-hybridized carbons (Fsp3) is 0.179. The monoisotopic (exact) mass is 467 g/mol. The van der Waals surface area contributed by atoms with Gasteiger partial charge in [0, 0.05) is 11.3 Å². The van der Waals surface area contributed by atoms with Crippen molar-refractivity contribution in [1.82, 2.24) is 15.3 Å². The topological polar surface area (TPSA) is 79.0 Å². The van der Waals surface area contributed by atoms with Gasteiger partial charge in [-0.15, -0.1) is 0 Å². The van der Waals surface area contributed by atoms with Crippen LogP contribution in [0.5, 0.6) is 0 Å². The van der Waals surface area contributed by atoms with E-state index in [1.165, 1.54) is 12.1 Å². The average molecular weight is 468 g/mol. The molecular weight excluding hydrogens is 442 g/mol. The van der Waals surface area contributed by atoms with Crippen molar-refractivity contribution in [2.75, 3.05) is 7.11 Å². The van der Waals surface area contributed by atoms with Crippen molar-refractivity contribution in [3.63, 3.8) is 0 Å². The van der Waals surface area contributed by atoms with Crippen LogP contribution in [-0.4, -0.2) is 41.0 Å². The summed E-state index contributed by atoms with van der Waals surface area (Å²) in [6.45, 7) is 1.74. The summed E-state index contributed by atoms with van der Waals surface area (Å²) in [6.07, 6.45) is 0. The molecule has 7 nitrogen and oxygen atoms in total. The number of hydrazine groups is 1. The molecule has 2 heterocycles. The molecule has 35 heavy (non-hydrogen) atoms. The molecule has 7 heteroatoms. The number of esters is 1. The van der Waals surface area contributed by atoms with Crippen LogP contribution in [0.2, 0.25) is 0 Å². The maximum atomic E-state index is 13.9. The third-order valence-corrected chi connectivity index (χ3v) is 6.54. The lowest BCUT2D eigenvalue weighted by Crippen LogP contribution is -2.44. The number of rotatable bonds is 5. The number of fused-ring (bicyclic) bond motifs is 1. The van der Waals surface area contributed by atoms with Crippen LogP contribution in [-0.2, 0) is 14.3 Å². The fourth-order valence-electron chi connectivity index (χ4n) is 4.99. The van der Waals surface area contributed by atoms with Crippen LogP contribution >= 0.6 is 0 Å². The van der Waals surface area contributed by atoms with E-state index in [2.05, 4.69) is 5.32 Å². The number of hydrogen-bond acceptors (Lipinski definition) is 5. The van der Waals surface area contributed by atoms with Crippen LogP contribution in [0.25, 0.3) is 0 Å². The second-order valence-electron chi connectivity index (χ2n) is 8.51. The van der Waals surface area contributed by atoms with Crippen molar-refractivity contribution in [3.05, 3.63) is 119 Å². The zero-order valence-electron chi connectivity index (χ0n) is 19.4. The van der Waals surface area contributed by atoms with Gasteiger partial charge in [0.1, 0.15) is 6.04 Å². The predicted octanol–water partition coefficient (Wildman–Crippen LogP) is 3.79. The molecule has 0 spiro atoms. The Bertz CT molecular complexity index is 1290. The molecule has 1 saturated heterocycles. The molecule has 1 fully saturated rings. The summed E-state index contributed by atoms with van der Waals surface area (Å²) in [6, 6.07) is 25.9. The highest BCUT2D eigenvalue weighted by molar-refractivity contribution is 6.00. The van der Waals surface area contributed by atoms with Gasteiger partial charge in [-0.25, -0.2) is 9.80 Å². The number of ether oxygens (including phenoxy) is 1. The first-order valence-corrected chi connectivity index (χ1v) is 11.4. The van der Waals surface area contributed by atoms with E-state index in [9.17, 15) is 14.4 Å². The molecule has 2 aliphatic heterocycles. The van der Waals surface area contributed by atoms with Crippen LogP contribution in [0.1, 0.15) is 40.5 Å². The SMILES string of the molecule is COC(=O)C1=C(C)N2C(=O)[C@H](NC(=O)c3ccccc3)[C@@H](c3ccccc3)N2[C@H]1c1ccccc1. The van der Waals surface area contributed by atoms with Crippen molar-refractivity contribution >= 4 is 17.8 Å². The average Bonchev–Trinajstić information content (AvgIpc) is 3.36. The summed E-state index contributed by atoms with van der Waals surface area (Å²) in [5.41, 5.74) is 3.06. The van der Waals surface area contributed by atoms with Crippen molar-refractivity contribution in [3.8, 4) is 0 Å². The van der Waals surface area contributed by atoms with Crippen molar-refractivity contribution in [1.29, 1.82) is 0 Å². The fourth-order valence-corrected chi connectivity index (χ4v) is 4.99. The zero-order valence-corrected chi connectivity index (χ0v) is 19.4. The number of amides is 2. The quantitative estimate of drug-likeness (QED) is 0.578. The number of hydrogen-bond donors (Lipinski definition) is 1. The van der Waals surface area contributed by atoms with Crippen molar-refractivity contribution in [2.24, 2.45) is 0 Å². The van der Waals surface area contributed by atoms with Gasteiger partial charge in [0.15, 0.2) is 0 Å². The van der Waals surface area contributed by atoms with E-state index in [4.69, 9.17) is 4.74 Å². The maximum Gasteiger partial charge on any atom is 0.337 e. The standard InChI is InChI=1S/C28H25N3O4/c1-18-22(28(34)35-2)24(19-12-6-3-7-13-19)31-25(20-14-8-4-9-15-20)23(27(33)30(18)31)29-26(32)21-16-10-5-11-17-21/h3-17,23-25H,1-2H3,(H,29,32)/t23-,24+,25-/m1/s1. The normalized spacial score (nSPS) is 21.7. The number of benzene rings is 3. The van der Waals surface area contributed by atoms with E-state index in [-0.39, 0.29) is 11.8 Å². The molecule has 0 aliphatic carbocycles. The zero-order chi connectivity index (χ0) is 24.5. The second-order valence-corrected chi connectivity index (χ2v) is 8.51. The molecule has 0 aromatic heterocycles. The Morgan fingerprint density at radius 1 is 0.829 bits per heavy atom. The smallest absolute Gasteiger partial charge is 0.337 e. The Labute approximate surface area is 203 Å². The lowest BCUT2D eigenvalue weighted by atomic mass is 9.92. The summed E-state index contributed by atoms with van der Waals surface area (Å²) in [5.74, 6) is -1.13. The highest BCUT2D eigenvalue weighted by Crippen LogP contribution is 2.50. The van der Waals surface area contributed by atoms with Crippen molar-refractivity contribution < 1.29 is 19.1 Å². The number of methoxy groups -OCH3 is 1. The van der Waals surface area contributed by atoms with E-state index >= 15 is 0 Å². The molecule has 0 unspecified atom stereocenters. The molecule has 2 amide bonds. The molecule has 3 aromatic rings. The first-order valence-electron chi connectivity index (χ1n) is 11.4. The van der Waals surface area contributed by atoms with E-state index < -0.39 is 24.1 Å². The van der Waals surface area contributed by atoms with Gasteiger partial charge < -0.3 is 10.1 Å². The summed E-state index contributed by atoms with van der Waals surface area (Å²) in [7, 11) is 1.34. The minimum atomic E-state index is -0.856. The second kappa shape index (κ2) is 9.19. The van der Waals surface area contributed by atoms with E-state index in [0.717, 1.165) is 11.1 Å².